The maximum Gasteiger partial charge on any atom is 0.189 e. The van der Waals surface area contributed by atoms with E-state index in [1.807, 2.05) is 11.7 Å². The molecule has 0 saturated heterocycles. The molecule has 2 aromatic heterocycles. The topological polar surface area (TPSA) is 57.8 Å². The summed E-state index contributed by atoms with van der Waals surface area (Å²) in [5.41, 5.74) is 3.10. The van der Waals surface area contributed by atoms with Crippen LogP contribution in [0.5, 0.6) is 0 Å². The number of rotatable bonds is 5. The lowest BCUT2D eigenvalue weighted by atomic mass is 10.1. The number of nitrogens with zero attached hydrogens (tertiary/aromatic N) is 1. The van der Waals surface area contributed by atoms with Gasteiger partial charge < -0.3 is 10.3 Å². The van der Waals surface area contributed by atoms with Gasteiger partial charge in [-0.15, -0.1) is 11.3 Å². The molecule has 0 bridgehead atoms. The number of hydrogen-bond acceptors (Lipinski definition) is 4. The lowest BCUT2D eigenvalue weighted by Gasteiger charge is -2.13. The fraction of sp³-hybridized carbons (Fsp3) is 0.250. The van der Waals surface area contributed by atoms with Crippen molar-refractivity contribution in [1.82, 2.24) is 15.3 Å². The average Bonchev–Trinajstić information content (AvgIpc) is 2.99. The fourth-order valence-electron chi connectivity index (χ4n) is 2.37. The molecule has 1 atom stereocenters. The molecular formula is C16H16FN3OS. The molecule has 3 aromatic rings. The van der Waals surface area contributed by atoms with Gasteiger partial charge in [0.15, 0.2) is 5.43 Å². The summed E-state index contributed by atoms with van der Waals surface area (Å²) in [5.74, 6) is -0.401. The summed E-state index contributed by atoms with van der Waals surface area (Å²) in [7, 11) is 0. The molecule has 0 aliphatic rings. The van der Waals surface area contributed by atoms with Gasteiger partial charge in [0.2, 0.25) is 0 Å². The monoisotopic (exact) mass is 317 g/mol. The second-order valence-corrected chi connectivity index (χ2v) is 6.27. The van der Waals surface area contributed by atoms with Gasteiger partial charge in [-0.25, -0.2) is 4.39 Å². The molecule has 0 amide bonds. The van der Waals surface area contributed by atoms with Crippen LogP contribution in [0.1, 0.15) is 17.5 Å². The molecule has 0 radical (unpaired) electrons. The van der Waals surface area contributed by atoms with Crippen molar-refractivity contribution in [2.24, 2.45) is 0 Å². The molecule has 6 heteroatoms. The Morgan fingerprint density at radius 2 is 2.27 bits per heavy atom. The van der Waals surface area contributed by atoms with E-state index < -0.39 is 5.82 Å². The Balaban J connectivity index is 1.71. The summed E-state index contributed by atoms with van der Waals surface area (Å²) >= 11 is 1.63. The van der Waals surface area contributed by atoms with Crippen LogP contribution in [0.4, 0.5) is 4.39 Å². The minimum Gasteiger partial charge on any atom is -0.357 e. The summed E-state index contributed by atoms with van der Waals surface area (Å²) in [4.78, 5) is 20.5. The van der Waals surface area contributed by atoms with Gasteiger partial charge in [0.25, 0.3) is 0 Å². The number of nitrogens with one attached hydrogen (secondary N) is 2. The van der Waals surface area contributed by atoms with Crippen LogP contribution in [-0.2, 0) is 13.0 Å². The number of aromatic amines is 1. The van der Waals surface area contributed by atoms with Crippen LogP contribution in [0, 0.1) is 5.82 Å². The minimum atomic E-state index is -0.401. The van der Waals surface area contributed by atoms with E-state index in [4.69, 9.17) is 0 Å². The van der Waals surface area contributed by atoms with E-state index >= 15 is 0 Å². The van der Waals surface area contributed by atoms with E-state index in [1.54, 1.807) is 17.4 Å². The Hall–Kier alpha value is -2.05. The number of H-pyrrole nitrogens is 1. The number of benzene rings is 1. The van der Waals surface area contributed by atoms with Crippen LogP contribution >= 0.6 is 11.3 Å². The third-order valence-electron chi connectivity index (χ3n) is 3.48. The average molecular weight is 317 g/mol. The Morgan fingerprint density at radius 1 is 1.41 bits per heavy atom. The second kappa shape index (κ2) is 6.37. The van der Waals surface area contributed by atoms with Crippen LogP contribution in [0.3, 0.4) is 0 Å². The molecule has 0 spiro atoms. The Labute approximate surface area is 131 Å². The fourth-order valence-corrected chi connectivity index (χ4v) is 3.10. The largest absolute Gasteiger partial charge is 0.357 e. The summed E-state index contributed by atoms with van der Waals surface area (Å²) in [6.07, 6.45) is 2.77. The third-order valence-corrected chi connectivity index (χ3v) is 4.28. The Bertz CT molecular complexity index is 829. The van der Waals surface area contributed by atoms with Crippen molar-refractivity contribution in [3.05, 3.63) is 62.6 Å². The Kier molecular flexibility index (Phi) is 4.31. The maximum atomic E-state index is 13.2. The van der Waals surface area contributed by atoms with Crippen LogP contribution in [0.2, 0.25) is 0 Å². The van der Waals surface area contributed by atoms with E-state index in [-0.39, 0.29) is 11.5 Å². The number of hydrogen-bond donors (Lipinski definition) is 2. The van der Waals surface area contributed by atoms with E-state index in [9.17, 15) is 9.18 Å². The summed E-state index contributed by atoms with van der Waals surface area (Å²) in [5, 5.41) is 3.75. The smallest absolute Gasteiger partial charge is 0.189 e. The molecule has 2 heterocycles. The first-order valence-corrected chi connectivity index (χ1v) is 7.92. The molecule has 0 fully saturated rings. The molecule has 22 heavy (non-hydrogen) atoms. The van der Waals surface area contributed by atoms with Crippen LogP contribution < -0.4 is 10.7 Å². The van der Waals surface area contributed by atoms with Crippen molar-refractivity contribution < 1.29 is 4.39 Å². The van der Waals surface area contributed by atoms with Crippen molar-refractivity contribution in [2.45, 2.75) is 25.9 Å². The van der Waals surface area contributed by atoms with Crippen molar-refractivity contribution in [3.8, 4) is 0 Å². The van der Waals surface area contributed by atoms with E-state index in [1.165, 1.54) is 23.1 Å². The van der Waals surface area contributed by atoms with Gasteiger partial charge in [-0.3, -0.25) is 9.78 Å². The summed E-state index contributed by atoms with van der Waals surface area (Å²) in [6, 6.07) is 6.00. The zero-order valence-electron chi connectivity index (χ0n) is 12.1. The van der Waals surface area contributed by atoms with Gasteiger partial charge in [0.1, 0.15) is 5.82 Å². The summed E-state index contributed by atoms with van der Waals surface area (Å²) < 4.78 is 13.2. The van der Waals surface area contributed by atoms with E-state index in [0.29, 0.717) is 17.4 Å². The molecule has 3 rings (SSSR count). The lowest BCUT2D eigenvalue weighted by molar-refractivity contribution is 0.543. The summed E-state index contributed by atoms with van der Waals surface area (Å²) in [6.45, 7) is 2.65. The maximum absolute atomic E-state index is 13.2. The van der Waals surface area contributed by atoms with Crippen molar-refractivity contribution in [3.63, 3.8) is 0 Å². The van der Waals surface area contributed by atoms with Gasteiger partial charge in [0.05, 0.1) is 5.51 Å². The van der Waals surface area contributed by atoms with Crippen LogP contribution in [0.25, 0.3) is 10.9 Å². The van der Waals surface area contributed by atoms with Crippen molar-refractivity contribution in [1.29, 1.82) is 0 Å². The first-order valence-electron chi connectivity index (χ1n) is 7.04. The highest BCUT2D eigenvalue weighted by atomic mass is 32.1. The predicted octanol–water partition coefficient (Wildman–Crippen LogP) is 2.84. The van der Waals surface area contributed by atoms with Crippen molar-refractivity contribution >= 4 is 22.2 Å². The molecule has 114 valence electrons. The van der Waals surface area contributed by atoms with Crippen molar-refractivity contribution in [2.75, 3.05) is 0 Å². The predicted molar refractivity (Wildman–Crippen MR) is 86.6 cm³/mol. The number of aromatic nitrogens is 2. The number of halogens is 1. The molecule has 2 N–H and O–H groups in total. The molecular weight excluding hydrogens is 301 g/mol. The van der Waals surface area contributed by atoms with Crippen LogP contribution in [-0.4, -0.2) is 16.0 Å². The quantitative estimate of drug-likeness (QED) is 0.761. The first kappa shape index (κ1) is 14.9. The Morgan fingerprint density at radius 3 is 3.05 bits per heavy atom. The minimum absolute atomic E-state index is 0.167. The number of pyridine rings is 1. The molecule has 4 nitrogen and oxygen atoms in total. The zero-order valence-corrected chi connectivity index (χ0v) is 12.9. The van der Waals surface area contributed by atoms with E-state index in [2.05, 4.69) is 22.2 Å². The normalized spacial score (nSPS) is 12.6. The highest BCUT2D eigenvalue weighted by Crippen LogP contribution is 2.11. The molecule has 1 aromatic carbocycles. The SMILES string of the molecule is CC(Cc1cncs1)NCc1cc(=O)c2cc(F)ccc2[nH]1. The highest BCUT2D eigenvalue weighted by molar-refractivity contribution is 7.09. The number of fused-ring (bicyclic) bond motifs is 1. The van der Waals surface area contributed by atoms with E-state index in [0.717, 1.165) is 12.1 Å². The first-order chi connectivity index (χ1) is 10.6. The zero-order chi connectivity index (χ0) is 15.5. The number of thiazole rings is 1. The van der Waals surface area contributed by atoms with Crippen LogP contribution in [0.15, 0.2) is 40.8 Å². The molecule has 1 unspecified atom stereocenters. The van der Waals surface area contributed by atoms with Gasteiger partial charge in [-0.1, -0.05) is 0 Å². The molecule has 0 saturated carbocycles. The van der Waals surface area contributed by atoms with Gasteiger partial charge in [-0.2, -0.15) is 0 Å². The van der Waals surface area contributed by atoms with Gasteiger partial charge in [0, 0.05) is 46.3 Å². The molecule has 0 aliphatic carbocycles. The second-order valence-electron chi connectivity index (χ2n) is 5.30. The third kappa shape index (κ3) is 3.40. The lowest BCUT2D eigenvalue weighted by Crippen LogP contribution is -2.28. The standard InChI is InChI=1S/C16H16FN3OS/c1-10(4-13-8-18-9-22-13)19-7-12-6-16(21)14-5-11(17)2-3-15(14)20-12/h2-3,5-6,8-10,19H,4,7H2,1H3,(H,20,21). The van der Waals surface area contributed by atoms with Gasteiger partial charge in [-0.05, 0) is 31.5 Å². The highest BCUT2D eigenvalue weighted by Gasteiger charge is 2.07. The van der Waals surface area contributed by atoms with Gasteiger partial charge >= 0.3 is 0 Å². The molecule has 0 aliphatic heterocycles.